The highest BCUT2D eigenvalue weighted by Crippen LogP contribution is 2.46. The molecular weight excluding hydrogens is 432 g/mol. The highest BCUT2D eigenvalue weighted by atomic mass is 28.4. The number of hydrogen-bond acceptors (Lipinski definition) is 4. The second-order valence-corrected chi connectivity index (χ2v) is 16.0. The van der Waals surface area contributed by atoms with E-state index < -0.39 is 25.6 Å². The van der Waals surface area contributed by atoms with Crippen molar-refractivity contribution in [1.82, 2.24) is 0 Å². The molecule has 0 heterocycles. The quantitative estimate of drug-likeness (QED) is 0.379. The average molecular weight is 471 g/mol. The first-order chi connectivity index (χ1) is 14.9. The van der Waals surface area contributed by atoms with Crippen molar-refractivity contribution >= 4 is 25.9 Å². The highest BCUT2D eigenvalue weighted by molar-refractivity contribution is 6.74. The predicted octanol–water partition coefficient (Wildman–Crippen LogP) is 6.21. The summed E-state index contributed by atoms with van der Waals surface area (Å²) in [4.78, 5) is 38.3. The first-order valence-electron chi connectivity index (χ1n) is 11.4. The van der Waals surface area contributed by atoms with Crippen molar-refractivity contribution in [3.8, 4) is 0 Å². The molecule has 0 aliphatic heterocycles. The number of aliphatic carboxylic acids is 1. The molecule has 0 aromatic heterocycles. The lowest BCUT2D eigenvalue weighted by molar-refractivity contribution is -0.141. The lowest BCUT2D eigenvalue weighted by Gasteiger charge is -2.37. The number of benzene rings is 1. The molecule has 0 fully saturated rings. The number of carbonyl (C=O) groups excluding carboxylic acids is 2. The summed E-state index contributed by atoms with van der Waals surface area (Å²) in [6, 6.07) is 7.37. The Kier molecular flexibility index (Phi) is 7.46. The van der Waals surface area contributed by atoms with Crippen LogP contribution in [0.1, 0.15) is 72.4 Å². The van der Waals surface area contributed by atoms with Crippen molar-refractivity contribution in [3.05, 3.63) is 57.7 Å². The number of hydrogen-bond donors (Lipinski definition) is 1. The first kappa shape index (κ1) is 26.9. The van der Waals surface area contributed by atoms with E-state index in [0.717, 1.165) is 5.56 Å². The number of allylic oxidation sites excluding steroid dienone is 4. The van der Waals surface area contributed by atoms with Crippen LogP contribution in [0.15, 0.2) is 46.6 Å². The molecule has 0 saturated heterocycles. The van der Waals surface area contributed by atoms with Crippen LogP contribution >= 0.6 is 0 Å². The number of carboxylic acid groups (broad SMARTS) is 1. The summed E-state index contributed by atoms with van der Waals surface area (Å²) in [5, 5.41) is 10.3. The standard InChI is InChI=1S/C27H38O5Si/c1-16-17(2)24(29)21(18(3)23(16)28)27(7,8)22(25(30)31)20-13-11-19(12-14-20)15-32-33(9,10)26(4,5)6/h11-14,22H,15H2,1-10H3,(H,30,31). The van der Waals surface area contributed by atoms with Gasteiger partial charge in [0, 0.05) is 27.7 Å². The molecule has 0 saturated carbocycles. The number of rotatable bonds is 7. The Morgan fingerprint density at radius 2 is 1.39 bits per heavy atom. The van der Waals surface area contributed by atoms with Gasteiger partial charge in [0.15, 0.2) is 19.9 Å². The molecule has 0 radical (unpaired) electrons. The van der Waals surface area contributed by atoms with Crippen LogP contribution in [0.3, 0.4) is 0 Å². The van der Waals surface area contributed by atoms with Crippen LogP contribution < -0.4 is 0 Å². The van der Waals surface area contributed by atoms with Crippen molar-refractivity contribution in [2.75, 3.05) is 0 Å². The van der Waals surface area contributed by atoms with E-state index in [9.17, 15) is 19.5 Å². The smallest absolute Gasteiger partial charge is 0.311 e. The van der Waals surface area contributed by atoms with Gasteiger partial charge in [0.25, 0.3) is 0 Å². The van der Waals surface area contributed by atoms with Gasteiger partial charge in [-0.1, -0.05) is 58.9 Å². The predicted molar refractivity (Wildman–Crippen MR) is 134 cm³/mol. The molecule has 1 atom stereocenters. The Morgan fingerprint density at radius 3 is 1.85 bits per heavy atom. The second kappa shape index (κ2) is 9.14. The molecule has 180 valence electrons. The van der Waals surface area contributed by atoms with E-state index in [1.807, 2.05) is 12.1 Å². The van der Waals surface area contributed by atoms with Crippen LogP contribution in [-0.2, 0) is 25.4 Å². The maximum atomic E-state index is 13.1. The summed E-state index contributed by atoms with van der Waals surface area (Å²) in [6.45, 7) is 19.8. The fourth-order valence-corrected chi connectivity index (χ4v) is 5.13. The van der Waals surface area contributed by atoms with Crippen molar-refractivity contribution in [3.63, 3.8) is 0 Å². The van der Waals surface area contributed by atoms with Crippen LogP contribution in [0.4, 0.5) is 0 Å². The molecule has 5 nitrogen and oxygen atoms in total. The fourth-order valence-electron chi connectivity index (χ4n) is 4.17. The van der Waals surface area contributed by atoms with E-state index in [-0.39, 0.29) is 22.2 Å². The Hall–Kier alpha value is -2.31. The van der Waals surface area contributed by atoms with E-state index in [4.69, 9.17) is 4.43 Å². The molecule has 1 aliphatic carbocycles. The highest BCUT2D eigenvalue weighted by Gasteiger charge is 2.45. The number of ketones is 2. The molecule has 0 bridgehead atoms. The van der Waals surface area contributed by atoms with Gasteiger partial charge < -0.3 is 9.53 Å². The number of Topliss-reactive ketones (excluding diaryl/α,β-unsaturated/α-hetero) is 2. The van der Waals surface area contributed by atoms with Crippen LogP contribution in [0.2, 0.25) is 18.1 Å². The molecule has 2 rings (SSSR count). The third kappa shape index (κ3) is 5.12. The van der Waals surface area contributed by atoms with Crippen molar-refractivity contribution < 1.29 is 23.9 Å². The van der Waals surface area contributed by atoms with Gasteiger partial charge in [0.1, 0.15) is 0 Å². The summed E-state index contributed by atoms with van der Waals surface area (Å²) in [7, 11) is -1.90. The molecule has 1 aliphatic rings. The zero-order chi connectivity index (χ0) is 25.5. The summed E-state index contributed by atoms with van der Waals surface area (Å²) >= 11 is 0. The first-order valence-corrected chi connectivity index (χ1v) is 14.3. The third-order valence-corrected chi connectivity index (χ3v) is 12.0. The number of carbonyl (C=O) groups is 3. The average Bonchev–Trinajstić information content (AvgIpc) is 2.69. The minimum Gasteiger partial charge on any atom is -0.481 e. The molecule has 0 spiro atoms. The van der Waals surface area contributed by atoms with Crippen LogP contribution in [0.5, 0.6) is 0 Å². The van der Waals surface area contributed by atoms with E-state index >= 15 is 0 Å². The SMILES string of the molecule is CC1=C(C)C(=O)C(C(C)(C)C(C(=O)O)c2ccc(CO[Si](C)(C)C(C)(C)C)cc2)=C(C)C1=O. The van der Waals surface area contributed by atoms with Crippen LogP contribution in [0, 0.1) is 5.41 Å². The van der Waals surface area contributed by atoms with Gasteiger partial charge in [-0.15, -0.1) is 0 Å². The van der Waals surface area contributed by atoms with Gasteiger partial charge >= 0.3 is 5.97 Å². The minimum absolute atomic E-state index is 0.103. The van der Waals surface area contributed by atoms with E-state index in [1.165, 1.54) is 0 Å². The Morgan fingerprint density at radius 1 is 0.909 bits per heavy atom. The van der Waals surface area contributed by atoms with Crippen molar-refractivity contribution in [2.45, 2.75) is 86.0 Å². The van der Waals surface area contributed by atoms with Crippen LogP contribution in [-0.4, -0.2) is 31.0 Å². The molecule has 1 N–H and O–H groups in total. The minimum atomic E-state index is -1.90. The summed E-state index contributed by atoms with van der Waals surface area (Å²) in [5.74, 6) is -2.46. The number of carboxylic acids is 1. The maximum absolute atomic E-state index is 13.1. The molecule has 33 heavy (non-hydrogen) atoms. The van der Waals surface area contributed by atoms with E-state index in [0.29, 0.717) is 28.9 Å². The molecule has 6 heteroatoms. The van der Waals surface area contributed by atoms with Gasteiger partial charge in [0.05, 0.1) is 12.5 Å². The topological polar surface area (TPSA) is 80.7 Å². The van der Waals surface area contributed by atoms with Gasteiger partial charge in [-0.2, -0.15) is 0 Å². The zero-order valence-electron chi connectivity index (χ0n) is 21.7. The summed E-state index contributed by atoms with van der Waals surface area (Å²) in [5.41, 5.74) is 1.91. The van der Waals surface area contributed by atoms with Gasteiger partial charge in [0.2, 0.25) is 0 Å². The fraction of sp³-hybridized carbons (Fsp3) is 0.519. The monoisotopic (exact) mass is 470 g/mol. The third-order valence-electron chi connectivity index (χ3n) is 7.52. The molecule has 1 aromatic rings. The van der Waals surface area contributed by atoms with Gasteiger partial charge in [-0.05, 0) is 50.0 Å². The molecule has 0 amide bonds. The Bertz CT molecular complexity index is 1030. The summed E-state index contributed by atoms with van der Waals surface area (Å²) < 4.78 is 6.28. The van der Waals surface area contributed by atoms with Crippen molar-refractivity contribution in [2.24, 2.45) is 5.41 Å². The van der Waals surface area contributed by atoms with Crippen molar-refractivity contribution in [1.29, 1.82) is 0 Å². The van der Waals surface area contributed by atoms with Gasteiger partial charge in [-0.3, -0.25) is 14.4 Å². The molecule has 1 unspecified atom stereocenters. The molecule has 1 aromatic carbocycles. The second-order valence-electron chi connectivity index (χ2n) is 11.2. The normalized spacial score (nSPS) is 17.0. The lowest BCUT2D eigenvalue weighted by Crippen LogP contribution is -2.40. The largest absolute Gasteiger partial charge is 0.481 e. The maximum Gasteiger partial charge on any atom is 0.311 e. The zero-order valence-corrected chi connectivity index (χ0v) is 22.7. The van der Waals surface area contributed by atoms with E-state index in [2.05, 4.69) is 33.9 Å². The Labute approximate surface area is 199 Å². The van der Waals surface area contributed by atoms with Crippen LogP contribution in [0.25, 0.3) is 0 Å². The molecular formula is C27H38O5Si. The van der Waals surface area contributed by atoms with E-state index in [1.54, 1.807) is 46.8 Å². The Balaban J connectivity index is 2.40. The van der Waals surface area contributed by atoms with Gasteiger partial charge in [-0.25, -0.2) is 0 Å². The lowest BCUT2D eigenvalue weighted by atomic mass is 9.64. The summed E-state index contributed by atoms with van der Waals surface area (Å²) in [6.07, 6.45) is 0.